The molecule has 0 bridgehead atoms. The molecular weight excluding hydrogens is 339 g/mol. The van der Waals surface area contributed by atoms with Crippen LogP contribution in [0.2, 0.25) is 0 Å². The summed E-state index contributed by atoms with van der Waals surface area (Å²) < 4.78 is 38.8. The monoisotopic (exact) mass is 356 g/mol. The van der Waals surface area contributed by atoms with E-state index < -0.39 is 34.1 Å². The molecule has 1 fully saturated rings. The molecule has 3 rings (SSSR count). The van der Waals surface area contributed by atoms with Crippen molar-refractivity contribution in [3.05, 3.63) is 29.3 Å². The molecule has 1 saturated heterocycles. The smallest absolute Gasteiger partial charge is 0.343 e. The maximum Gasteiger partial charge on any atom is 0.343 e. The third-order valence-electron chi connectivity index (χ3n) is 4.47. The molecule has 1 aromatic carbocycles. The average molecular weight is 356 g/mol. The van der Waals surface area contributed by atoms with E-state index in [9.17, 15) is 22.4 Å². The number of carbonyl (C=O) groups is 2. The fourth-order valence-corrected chi connectivity index (χ4v) is 4.11. The lowest BCUT2D eigenvalue weighted by Gasteiger charge is -2.19. The van der Waals surface area contributed by atoms with E-state index in [-0.39, 0.29) is 13.0 Å². The van der Waals surface area contributed by atoms with Gasteiger partial charge in [-0.05, 0) is 30.2 Å². The van der Waals surface area contributed by atoms with E-state index in [2.05, 4.69) is 0 Å². The first-order chi connectivity index (χ1) is 11.1. The Morgan fingerprint density at radius 1 is 1.29 bits per heavy atom. The number of anilines is 1. The summed E-state index contributed by atoms with van der Waals surface area (Å²) in [6.45, 7) is -0.121. The van der Waals surface area contributed by atoms with Crippen LogP contribution in [0.25, 0.3) is 0 Å². The summed E-state index contributed by atoms with van der Waals surface area (Å²) in [5.41, 5.74) is -0.825. The molecule has 1 atom stereocenters. The van der Waals surface area contributed by atoms with Gasteiger partial charge in [0.05, 0.1) is 18.5 Å². The van der Waals surface area contributed by atoms with Gasteiger partial charge in [0, 0.05) is 25.1 Å². The molecule has 2 aliphatic rings. The van der Waals surface area contributed by atoms with Gasteiger partial charge in [-0.3, -0.25) is 9.10 Å². The van der Waals surface area contributed by atoms with E-state index >= 15 is 0 Å². The average Bonchev–Trinajstić information content (AvgIpc) is 3.09. The van der Waals surface area contributed by atoms with Gasteiger partial charge < -0.3 is 10.0 Å². The third kappa shape index (κ3) is 2.72. The number of nitrogens with zero attached hydrogens (tertiary/aromatic N) is 2. The summed E-state index contributed by atoms with van der Waals surface area (Å²) in [5.74, 6) is -2.01. The molecule has 0 spiro atoms. The van der Waals surface area contributed by atoms with Crippen molar-refractivity contribution in [2.75, 3.05) is 30.2 Å². The van der Waals surface area contributed by atoms with Gasteiger partial charge in [-0.25, -0.2) is 17.6 Å². The van der Waals surface area contributed by atoms with Gasteiger partial charge in [-0.2, -0.15) is 0 Å². The number of sulfonamides is 1. The first-order valence-electron chi connectivity index (χ1n) is 7.44. The number of fused-ring (bicyclic) bond motifs is 1. The number of amides is 1. The molecule has 0 saturated carbocycles. The highest BCUT2D eigenvalue weighted by atomic mass is 32.2. The number of hydrogen-bond donors (Lipinski definition) is 1. The van der Waals surface area contributed by atoms with Crippen molar-refractivity contribution in [1.82, 2.24) is 4.90 Å². The predicted octanol–water partition coefficient (Wildman–Crippen LogP) is 0.647. The minimum atomic E-state index is -3.37. The number of hydrogen-bond acceptors (Lipinski definition) is 4. The van der Waals surface area contributed by atoms with Gasteiger partial charge in [0.2, 0.25) is 15.7 Å². The lowest BCUT2D eigenvalue weighted by Crippen LogP contribution is -2.38. The largest absolute Gasteiger partial charge is 0.479 e. The van der Waals surface area contributed by atoms with Crippen LogP contribution in [0.5, 0.6) is 0 Å². The van der Waals surface area contributed by atoms with Crippen molar-refractivity contribution in [2.45, 2.75) is 18.5 Å². The Kier molecular flexibility index (Phi) is 3.78. The number of halogens is 1. The number of carboxylic acids is 1. The van der Waals surface area contributed by atoms with Crippen molar-refractivity contribution in [2.24, 2.45) is 0 Å². The summed E-state index contributed by atoms with van der Waals surface area (Å²) in [5, 5.41) is 8.90. The van der Waals surface area contributed by atoms with Crippen LogP contribution in [0.15, 0.2) is 18.2 Å². The molecule has 2 heterocycles. The maximum absolute atomic E-state index is 14.1. The molecule has 1 amide bonds. The highest BCUT2D eigenvalue weighted by molar-refractivity contribution is 7.92. The Hall–Kier alpha value is -2.16. The second kappa shape index (κ2) is 5.44. The summed E-state index contributed by atoms with van der Waals surface area (Å²) in [6.07, 6.45) is 1.38. The Morgan fingerprint density at radius 3 is 2.58 bits per heavy atom. The van der Waals surface area contributed by atoms with Crippen LogP contribution in [-0.4, -0.2) is 61.9 Å². The van der Waals surface area contributed by atoms with Crippen LogP contribution < -0.4 is 4.31 Å². The zero-order valence-corrected chi connectivity index (χ0v) is 13.8. The van der Waals surface area contributed by atoms with Crippen LogP contribution in [0, 0.1) is 0 Å². The second-order valence-electron chi connectivity index (χ2n) is 6.18. The fourth-order valence-electron chi connectivity index (χ4n) is 3.15. The fraction of sp³-hybridized carbons (Fsp3) is 0.467. The molecule has 1 aromatic rings. The SMILES string of the molecule is CS(=O)(=O)N1CCc2cc(C(=O)N3CCC(F)(C(=O)O)C3)ccc21. The summed E-state index contributed by atoms with van der Waals surface area (Å²) in [4.78, 5) is 24.6. The van der Waals surface area contributed by atoms with Crippen molar-refractivity contribution in [1.29, 1.82) is 0 Å². The number of likely N-dealkylation sites (tertiary alicyclic amines) is 1. The standard InChI is InChI=1S/C15H17FN2O5S/c1-24(22,23)18-6-4-10-8-11(2-3-12(10)18)13(19)17-7-5-15(16,9-17)14(20)21/h2-3,8H,4-7,9H2,1H3,(H,20,21). The topological polar surface area (TPSA) is 95.0 Å². The van der Waals surface area contributed by atoms with Gasteiger partial charge in [-0.15, -0.1) is 0 Å². The number of benzene rings is 1. The normalized spacial score (nSPS) is 23.4. The Balaban J connectivity index is 1.83. The number of carbonyl (C=O) groups excluding carboxylic acids is 1. The summed E-state index contributed by atoms with van der Waals surface area (Å²) in [6, 6.07) is 4.65. The molecule has 2 aliphatic heterocycles. The predicted molar refractivity (Wildman–Crippen MR) is 84.3 cm³/mol. The van der Waals surface area contributed by atoms with Crippen molar-refractivity contribution in [3.63, 3.8) is 0 Å². The molecule has 1 unspecified atom stereocenters. The Bertz CT molecular complexity index is 825. The minimum Gasteiger partial charge on any atom is -0.479 e. The first kappa shape index (κ1) is 16.7. The van der Waals surface area contributed by atoms with E-state index in [4.69, 9.17) is 5.11 Å². The van der Waals surface area contributed by atoms with E-state index in [1.807, 2.05) is 0 Å². The van der Waals surface area contributed by atoms with Gasteiger partial charge in [0.15, 0.2) is 0 Å². The quantitative estimate of drug-likeness (QED) is 0.858. The third-order valence-corrected chi connectivity index (χ3v) is 5.65. The van der Waals surface area contributed by atoms with Gasteiger partial charge in [0.25, 0.3) is 5.91 Å². The first-order valence-corrected chi connectivity index (χ1v) is 9.29. The van der Waals surface area contributed by atoms with Gasteiger partial charge in [-0.1, -0.05) is 0 Å². The van der Waals surface area contributed by atoms with Gasteiger partial charge in [0.1, 0.15) is 0 Å². The molecule has 130 valence electrons. The number of carboxylic acid groups (broad SMARTS) is 1. The molecule has 0 radical (unpaired) electrons. The summed E-state index contributed by atoms with van der Waals surface area (Å²) >= 11 is 0. The lowest BCUT2D eigenvalue weighted by molar-refractivity contribution is -0.149. The van der Waals surface area contributed by atoms with Crippen molar-refractivity contribution < 1.29 is 27.5 Å². The molecule has 24 heavy (non-hydrogen) atoms. The van der Waals surface area contributed by atoms with Crippen LogP contribution in [0.4, 0.5) is 10.1 Å². The molecule has 7 nitrogen and oxygen atoms in total. The molecular formula is C15H17FN2O5S. The van der Waals surface area contributed by atoms with Crippen LogP contribution in [0.1, 0.15) is 22.3 Å². The number of rotatable bonds is 3. The molecule has 0 aromatic heterocycles. The number of aliphatic carboxylic acids is 1. The zero-order valence-electron chi connectivity index (χ0n) is 13.0. The Morgan fingerprint density at radius 2 is 2.00 bits per heavy atom. The van der Waals surface area contributed by atoms with E-state index in [0.29, 0.717) is 24.2 Å². The van der Waals surface area contributed by atoms with Crippen molar-refractivity contribution >= 4 is 27.6 Å². The maximum atomic E-state index is 14.1. The molecule has 1 N–H and O–H groups in total. The summed E-state index contributed by atoms with van der Waals surface area (Å²) in [7, 11) is -3.37. The Labute approximate surface area is 138 Å². The van der Waals surface area contributed by atoms with E-state index in [1.165, 1.54) is 15.3 Å². The lowest BCUT2D eigenvalue weighted by atomic mass is 10.1. The molecule has 0 aliphatic carbocycles. The highest BCUT2D eigenvalue weighted by Crippen LogP contribution is 2.32. The van der Waals surface area contributed by atoms with Crippen molar-refractivity contribution in [3.8, 4) is 0 Å². The van der Waals surface area contributed by atoms with Crippen LogP contribution in [-0.2, 0) is 21.2 Å². The highest BCUT2D eigenvalue weighted by Gasteiger charge is 2.47. The minimum absolute atomic E-state index is 0.0359. The zero-order chi connectivity index (χ0) is 17.7. The molecule has 9 heteroatoms. The van der Waals surface area contributed by atoms with E-state index in [1.54, 1.807) is 12.1 Å². The number of alkyl halides is 1. The van der Waals surface area contributed by atoms with Crippen LogP contribution >= 0.6 is 0 Å². The second-order valence-corrected chi connectivity index (χ2v) is 8.08. The van der Waals surface area contributed by atoms with Gasteiger partial charge >= 0.3 is 5.97 Å². The van der Waals surface area contributed by atoms with Crippen LogP contribution in [0.3, 0.4) is 0 Å². The van der Waals surface area contributed by atoms with E-state index in [0.717, 1.165) is 11.8 Å².